The molecule has 0 spiro atoms. The molecule has 10 nitrogen and oxygen atoms in total. The Morgan fingerprint density at radius 2 is 1.81 bits per heavy atom. The highest BCUT2D eigenvalue weighted by atomic mass is 19.1. The van der Waals surface area contributed by atoms with Crippen molar-refractivity contribution in [3.63, 3.8) is 0 Å². The van der Waals surface area contributed by atoms with E-state index in [9.17, 15) is 18.8 Å². The summed E-state index contributed by atoms with van der Waals surface area (Å²) in [5, 5.41) is 3.87. The number of aryl methyl sites for hydroxylation is 1. The Labute approximate surface area is 282 Å². The largest absolute Gasteiger partial charge is 0.495 e. The molecule has 0 unspecified atom stereocenters. The second-order valence-corrected chi connectivity index (χ2v) is 13.5. The lowest BCUT2D eigenvalue weighted by Crippen LogP contribution is -2.51. The van der Waals surface area contributed by atoms with Gasteiger partial charge in [0.25, 0.3) is 5.91 Å². The van der Waals surface area contributed by atoms with E-state index in [2.05, 4.69) is 15.1 Å². The fourth-order valence-corrected chi connectivity index (χ4v) is 7.67. The minimum atomic E-state index is -0.331. The molecule has 11 heteroatoms. The molecular weight excluding hydrogens is 613 g/mol. The summed E-state index contributed by atoms with van der Waals surface area (Å²) >= 11 is 0. The molecule has 1 aromatic heterocycles. The molecule has 3 aromatic rings. The van der Waals surface area contributed by atoms with Gasteiger partial charge in [0.2, 0.25) is 5.91 Å². The topological polar surface area (TPSA) is 96.3 Å². The summed E-state index contributed by atoms with van der Waals surface area (Å²) in [7, 11) is 3.47. The highest BCUT2D eigenvalue weighted by Gasteiger charge is 2.39. The van der Waals surface area contributed by atoms with Crippen molar-refractivity contribution in [2.45, 2.75) is 56.7 Å². The maximum atomic E-state index is 13.9. The number of hydrogen-bond acceptors (Lipinski definition) is 7. The molecule has 2 aromatic carbocycles. The number of halogens is 1. The maximum Gasteiger partial charge on any atom is 0.257 e. The second-order valence-electron chi connectivity index (χ2n) is 13.5. The molecular formula is C37H48FN5O5. The van der Waals surface area contributed by atoms with Crippen LogP contribution in [0, 0.1) is 5.92 Å². The average Bonchev–Trinajstić information content (AvgIpc) is 3.70. The van der Waals surface area contributed by atoms with Crippen LogP contribution in [0.15, 0.2) is 48.7 Å². The monoisotopic (exact) mass is 661 g/mol. The highest BCUT2D eigenvalue weighted by molar-refractivity contribution is 6.13. The summed E-state index contributed by atoms with van der Waals surface area (Å²) in [6, 6.07) is 13.4. The molecule has 258 valence electrons. The number of rotatable bonds is 12. The van der Waals surface area contributed by atoms with Crippen LogP contribution in [0.5, 0.6) is 5.75 Å². The zero-order valence-electron chi connectivity index (χ0n) is 28.1. The number of likely N-dealkylation sites (tertiary alicyclic amines) is 1. The van der Waals surface area contributed by atoms with Crippen LogP contribution in [-0.4, -0.2) is 115 Å². The van der Waals surface area contributed by atoms with Crippen LogP contribution in [-0.2, 0) is 27.8 Å². The minimum absolute atomic E-state index is 0.0291. The van der Waals surface area contributed by atoms with Crippen LogP contribution < -0.4 is 10.1 Å². The molecule has 3 heterocycles. The third-order valence-corrected chi connectivity index (χ3v) is 10.5. The number of fused-ring (bicyclic) bond motifs is 1. The number of anilines is 1. The number of para-hydroxylation sites is 1. The number of nitrogens with zero attached hydrogens (tertiary/aromatic N) is 4. The quantitative estimate of drug-likeness (QED) is 0.289. The summed E-state index contributed by atoms with van der Waals surface area (Å²) in [6.07, 6.45) is 7.48. The molecule has 2 amide bonds. The number of ether oxygens (including phenoxy) is 2. The number of methoxy groups -OCH3 is 1. The third-order valence-electron chi connectivity index (χ3n) is 10.5. The van der Waals surface area contributed by atoms with Crippen LogP contribution in [0.25, 0.3) is 10.9 Å². The first-order valence-electron chi connectivity index (χ1n) is 17.3. The van der Waals surface area contributed by atoms with E-state index in [-0.39, 0.29) is 49.0 Å². The van der Waals surface area contributed by atoms with Crippen molar-refractivity contribution < 1.29 is 28.2 Å². The average molecular weight is 662 g/mol. The van der Waals surface area contributed by atoms with Crippen molar-refractivity contribution in [2.24, 2.45) is 13.0 Å². The van der Waals surface area contributed by atoms with Crippen LogP contribution in [0.4, 0.5) is 10.1 Å². The molecule has 1 N–H and O–H groups in total. The summed E-state index contributed by atoms with van der Waals surface area (Å²) in [4.78, 5) is 45.1. The molecule has 6 rings (SSSR count). The van der Waals surface area contributed by atoms with Gasteiger partial charge in [-0.2, -0.15) is 0 Å². The van der Waals surface area contributed by atoms with Crippen molar-refractivity contribution in [1.29, 1.82) is 0 Å². The number of alkyl halides is 1. The van der Waals surface area contributed by atoms with Crippen molar-refractivity contribution in [1.82, 2.24) is 19.3 Å². The van der Waals surface area contributed by atoms with Gasteiger partial charge in [0.1, 0.15) is 18.7 Å². The van der Waals surface area contributed by atoms with Gasteiger partial charge in [0.15, 0.2) is 0 Å². The van der Waals surface area contributed by atoms with E-state index in [4.69, 9.17) is 9.47 Å². The molecule has 0 bridgehead atoms. The number of aromatic nitrogens is 1. The number of carbonyl (C=O) groups excluding carboxylic acids is 3. The number of nitrogens with one attached hydrogen (secondary N) is 1. The minimum Gasteiger partial charge on any atom is -0.495 e. The number of carbonyl (C=O) groups is 3. The first-order valence-corrected chi connectivity index (χ1v) is 17.3. The SMILES string of the molecule is COc1cc(CC(=O)N2C[C@@H](N3CCN(CCF)CC3)C[C@H]2COC2CCC(C=O)CC2)ccc1NC(=O)c1cn(C)c2ccccc12. The van der Waals surface area contributed by atoms with E-state index in [1.54, 1.807) is 13.2 Å². The maximum absolute atomic E-state index is 13.9. The summed E-state index contributed by atoms with van der Waals surface area (Å²) in [5.74, 6) is 0.418. The van der Waals surface area contributed by atoms with Crippen LogP contribution in [0.2, 0.25) is 0 Å². The van der Waals surface area contributed by atoms with Gasteiger partial charge in [0.05, 0.1) is 43.5 Å². The van der Waals surface area contributed by atoms with Crippen LogP contribution in [0.1, 0.15) is 48.0 Å². The van der Waals surface area contributed by atoms with Crippen LogP contribution >= 0.6 is 0 Å². The Bertz CT molecular complexity index is 1580. The fraction of sp³-hybridized carbons (Fsp3) is 0.541. The van der Waals surface area contributed by atoms with E-state index < -0.39 is 0 Å². The predicted octanol–water partition coefficient (Wildman–Crippen LogP) is 4.31. The van der Waals surface area contributed by atoms with Gasteiger partial charge in [0, 0.05) is 75.4 Å². The van der Waals surface area contributed by atoms with Gasteiger partial charge in [-0.25, -0.2) is 4.39 Å². The Balaban J connectivity index is 1.12. The lowest BCUT2D eigenvalue weighted by Gasteiger charge is -2.37. The Kier molecular flexibility index (Phi) is 11.1. The number of amides is 2. The smallest absolute Gasteiger partial charge is 0.257 e. The van der Waals surface area contributed by atoms with Gasteiger partial charge in [-0.3, -0.25) is 19.4 Å². The first kappa shape index (κ1) is 34.1. The summed E-state index contributed by atoms with van der Waals surface area (Å²) < 4.78 is 26.9. The van der Waals surface area contributed by atoms with E-state index in [0.717, 1.165) is 81.0 Å². The van der Waals surface area contributed by atoms with Crippen LogP contribution in [0.3, 0.4) is 0 Å². The van der Waals surface area contributed by atoms with E-state index in [1.807, 2.05) is 59.1 Å². The zero-order chi connectivity index (χ0) is 33.6. The predicted molar refractivity (Wildman–Crippen MR) is 183 cm³/mol. The van der Waals surface area contributed by atoms with Crippen molar-refractivity contribution in [2.75, 3.05) is 65.0 Å². The van der Waals surface area contributed by atoms with Crippen molar-refractivity contribution >= 4 is 34.7 Å². The standard InChI is InChI=1S/C37H48FN5O5/c1-40-23-32(31-5-3-4-6-34(31)40)37(46)39-33-12-9-27(19-35(33)47-2)20-36(45)43-22-28(42-17-15-41(14-13-38)16-18-42)21-29(43)25-48-30-10-7-26(24-44)8-11-30/h3-6,9,12,19,23-24,26,28-30H,7-8,10-11,13-18,20-22,25H2,1-2H3,(H,39,46)/t26?,28-,29-,30?/m0/s1. The van der Waals surface area contributed by atoms with Crippen molar-refractivity contribution in [3.8, 4) is 5.75 Å². The molecule has 1 saturated carbocycles. The lowest BCUT2D eigenvalue weighted by atomic mass is 9.88. The van der Waals surface area contributed by atoms with Gasteiger partial charge >= 0.3 is 0 Å². The van der Waals surface area contributed by atoms with E-state index in [0.29, 0.717) is 36.7 Å². The molecule has 3 fully saturated rings. The Morgan fingerprint density at radius 1 is 1.04 bits per heavy atom. The molecule has 2 saturated heterocycles. The molecule has 2 atom stereocenters. The zero-order valence-corrected chi connectivity index (χ0v) is 28.1. The molecule has 2 aliphatic heterocycles. The number of benzene rings is 2. The van der Waals surface area contributed by atoms with E-state index >= 15 is 0 Å². The molecule has 48 heavy (non-hydrogen) atoms. The highest BCUT2D eigenvalue weighted by Crippen LogP contribution is 2.31. The Morgan fingerprint density at radius 3 is 2.54 bits per heavy atom. The number of hydrogen-bond donors (Lipinski definition) is 1. The van der Waals surface area contributed by atoms with Gasteiger partial charge < -0.3 is 29.1 Å². The molecule has 3 aliphatic rings. The number of piperazine rings is 1. The second kappa shape index (κ2) is 15.6. The van der Waals surface area contributed by atoms with Gasteiger partial charge in [-0.1, -0.05) is 24.3 Å². The normalized spacial score (nSPS) is 23.8. The molecule has 1 aliphatic carbocycles. The van der Waals surface area contributed by atoms with E-state index in [1.165, 1.54) is 0 Å². The number of aldehydes is 1. The van der Waals surface area contributed by atoms with Gasteiger partial charge in [-0.15, -0.1) is 0 Å². The first-order chi connectivity index (χ1) is 23.4. The van der Waals surface area contributed by atoms with Gasteiger partial charge in [-0.05, 0) is 55.9 Å². The lowest BCUT2D eigenvalue weighted by molar-refractivity contribution is -0.133. The molecule has 0 radical (unpaired) electrons. The summed E-state index contributed by atoms with van der Waals surface area (Å²) in [6.45, 7) is 4.63. The van der Waals surface area contributed by atoms with Crippen molar-refractivity contribution in [3.05, 3.63) is 59.8 Å². The summed E-state index contributed by atoms with van der Waals surface area (Å²) in [5.41, 5.74) is 2.89. The Hall–Kier alpha value is -3.80. The third kappa shape index (κ3) is 7.74. The fourth-order valence-electron chi connectivity index (χ4n) is 7.67.